The first kappa shape index (κ1) is 32.1. The fourth-order valence-electron chi connectivity index (χ4n) is 7.48. The van der Waals surface area contributed by atoms with E-state index in [1.807, 2.05) is 30.5 Å². The number of pyridine rings is 1. The number of fused-ring (bicyclic) bond motifs is 2. The van der Waals surface area contributed by atoms with Crippen LogP contribution in [-0.4, -0.2) is 23.2 Å². The van der Waals surface area contributed by atoms with Crippen molar-refractivity contribution in [2.45, 2.75) is 16.0 Å². The van der Waals surface area contributed by atoms with E-state index in [2.05, 4.69) is 157 Å². The van der Waals surface area contributed by atoms with Crippen LogP contribution in [0.3, 0.4) is 0 Å². The number of rotatable bonds is 6. The van der Waals surface area contributed by atoms with Gasteiger partial charge in [0.2, 0.25) is 0 Å². The Morgan fingerprint density at radius 3 is 1.87 bits per heavy atom. The highest BCUT2D eigenvalue weighted by Crippen LogP contribution is 2.48. The van der Waals surface area contributed by atoms with Crippen LogP contribution in [0, 0.1) is 0 Å². The molecule has 54 heavy (non-hydrogen) atoms. The molecule has 1 aromatic heterocycles. The highest BCUT2D eigenvalue weighted by atomic mass is 32.2. The van der Waals surface area contributed by atoms with Crippen LogP contribution in [0.5, 0.6) is 0 Å². The van der Waals surface area contributed by atoms with Gasteiger partial charge in [0, 0.05) is 27.6 Å². The van der Waals surface area contributed by atoms with Gasteiger partial charge in [0.1, 0.15) is 16.7 Å². The normalized spacial score (nSPS) is 14.7. The van der Waals surface area contributed by atoms with Crippen LogP contribution in [0.2, 0.25) is 0 Å². The van der Waals surface area contributed by atoms with Gasteiger partial charge in [0.25, 0.3) is 0 Å². The smallest absolute Gasteiger partial charge is 0.134 e. The highest BCUT2D eigenvalue weighted by molar-refractivity contribution is 7.99. The molecule has 0 radical (unpaired) electrons. The molecule has 8 aromatic rings. The number of aromatic nitrogens is 1. The first-order valence-electron chi connectivity index (χ1n) is 18.2. The Hall–Kier alpha value is -6.56. The summed E-state index contributed by atoms with van der Waals surface area (Å²) < 4.78 is 0. The van der Waals surface area contributed by atoms with Crippen molar-refractivity contribution >= 4 is 34.2 Å². The first-order valence-corrected chi connectivity index (χ1v) is 19.1. The number of hydrogen-bond acceptors (Lipinski definition) is 5. The predicted molar refractivity (Wildman–Crippen MR) is 224 cm³/mol. The molecule has 0 bridgehead atoms. The summed E-state index contributed by atoms with van der Waals surface area (Å²) in [6.07, 6.45) is 1.91. The maximum Gasteiger partial charge on any atom is 0.134 e. The second-order valence-corrected chi connectivity index (χ2v) is 14.7. The topological polar surface area (TPSA) is 49.6 Å². The largest absolute Gasteiger partial charge is 0.325 e. The molecule has 5 heteroatoms. The van der Waals surface area contributed by atoms with E-state index in [9.17, 15) is 0 Å². The van der Waals surface area contributed by atoms with Gasteiger partial charge in [-0.1, -0.05) is 169 Å². The van der Waals surface area contributed by atoms with Crippen molar-refractivity contribution in [2.24, 2.45) is 9.98 Å². The minimum Gasteiger partial charge on any atom is -0.325 e. The van der Waals surface area contributed by atoms with Crippen LogP contribution < -0.4 is 5.32 Å². The molecule has 3 heterocycles. The van der Waals surface area contributed by atoms with Gasteiger partial charge in [-0.15, -0.1) is 0 Å². The fraction of sp³-hybridized carbons (Fsp3) is 0.0408. The third-order valence-corrected chi connectivity index (χ3v) is 11.4. The summed E-state index contributed by atoms with van der Waals surface area (Å²) in [7, 11) is 0. The standard InChI is InChI=1S/C49H34N4S/c1-3-9-32(10-4-1)33-19-23-38(24-20-33)48-52-44(31-51-47(53-48)37-11-5-2-6-12-37)35-21-17-34(18-22-35)39-14-7-15-40(29-39)41-25-26-42-43-16-8-13-36-27-28-50-49(46(36)43)54-45(42)30-41/h1-30,44H,31H2,(H,51,52,53). The Kier molecular flexibility index (Phi) is 8.19. The summed E-state index contributed by atoms with van der Waals surface area (Å²) in [5, 5.41) is 7.15. The van der Waals surface area contributed by atoms with E-state index in [-0.39, 0.29) is 6.04 Å². The summed E-state index contributed by atoms with van der Waals surface area (Å²) in [5.41, 5.74) is 12.8. The molecule has 0 fully saturated rings. The summed E-state index contributed by atoms with van der Waals surface area (Å²) >= 11 is 1.76. The van der Waals surface area contributed by atoms with E-state index >= 15 is 0 Å². The van der Waals surface area contributed by atoms with Gasteiger partial charge in [-0.2, -0.15) is 0 Å². The van der Waals surface area contributed by atoms with Crippen molar-refractivity contribution in [2.75, 3.05) is 6.54 Å². The van der Waals surface area contributed by atoms with Gasteiger partial charge in [-0.3, -0.25) is 9.98 Å². The lowest BCUT2D eigenvalue weighted by atomic mass is 9.94. The van der Waals surface area contributed by atoms with Gasteiger partial charge in [0.05, 0.1) is 12.6 Å². The molecule has 1 atom stereocenters. The third kappa shape index (κ3) is 6.09. The zero-order valence-corrected chi connectivity index (χ0v) is 30.2. The number of hydrogen-bond donors (Lipinski definition) is 1. The Balaban J connectivity index is 0.943. The monoisotopic (exact) mass is 710 g/mol. The number of nitrogens with one attached hydrogen (secondary N) is 1. The Labute approximate surface area is 319 Å². The van der Waals surface area contributed by atoms with Crippen molar-refractivity contribution in [3.63, 3.8) is 0 Å². The van der Waals surface area contributed by atoms with E-state index in [1.54, 1.807) is 11.8 Å². The van der Waals surface area contributed by atoms with Crippen LogP contribution in [-0.2, 0) is 0 Å². The van der Waals surface area contributed by atoms with Gasteiger partial charge in [0.15, 0.2) is 0 Å². The summed E-state index contributed by atoms with van der Waals surface area (Å²) in [5.74, 6) is 1.64. The lowest BCUT2D eigenvalue weighted by Crippen LogP contribution is -2.31. The fourth-order valence-corrected chi connectivity index (χ4v) is 8.61. The Morgan fingerprint density at radius 2 is 1.07 bits per heavy atom. The molecule has 2 aliphatic heterocycles. The molecule has 0 spiro atoms. The van der Waals surface area contributed by atoms with Crippen molar-refractivity contribution in [3.05, 3.63) is 199 Å². The molecule has 0 aliphatic carbocycles. The number of benzene rings is 7. The number of nitrogens with zero attached hydrogens (tertiary/aromatic N) is 3. The van der Waals surface area contributed by atoms with E-state index in [4.69, 9.17) is 15.0 Å². The van der Waals surface area contributed by atoms with Crippen molar-refractivity contribution in [1.29, 1.82) is 0 Å². The average molecular weight is 711 g/mol. The summed E-state index contributed by atoms with van der Waals surface area (Å²) in [6.45, 7) is 0.544. The van der Waals surface area contributed by atoms with Crippen molar-refractivity contribution < 1.29 is 0 Å². The SMILES string of the molecule is c1ccc(C2=NCC(c3ccc(-c4cccc(-c5ccc6c(c5)Sc5nccc7cccc-6c57)c4)cc3)N=C(c3ccc(-c4ccccc4)cc3)N2)cc1. The van der Waals surface area contributed by atoms with Crippen LogP contribution in [0.15, 0.2) is 202 Å². The molecule has 0 saturated heterocycles. The average Bonchev–Trinajstić information content (AvgIpc) is 3.48. The minimum atomic E-state index is -0.138. The molecule has 0 saturated carbocycles. The Bertz CT molecular complexity index is 2710. The molecule has 10 rings (SSSR count). The molecular formula is C49H34N4S. The van der Waals surface area contributed by atoms with Crippen molar-refractivity contribution in [3.8, 4) is 44.5 Å². The highest BCUT2D eigenvalue weighted by Gasteiger charge is 2.22. The summed E-state index contributed by atoms with van der Waals surface area (Å²) in [6, 6.07) is 62.3. The number of aliphatic imine (C=N–C) groups is 2. The van der Waals surface area contributed by atoms with Crippen molar-refractivity contribution in [1.82, 2.24) is 10.3 Å². The molecule has 1 N–H and O–H groups in total. The lowest BCUT2D eigenvalue weighted by molar-refractivity contribution is 0.746. The van der Waals surface area contributed by atoms with Crippen LogP contribution in [0.1, 0.15) is 22.7 Å². The van der Waals surface area contributed by atoms with Crippen LogP contribution in [0.4, 0.5) is 0 Å². The lowest BCUT2D eigenvalue weighted by Gasteiger charge is -2.20. The maximum absolute atomic E-state index is 5.30. The predicted octanol–water partition coefficient (Wildman–Crippen LogP) is 11.9. The van der Waals surface area contributed by atoms with E-state index in [1.165, 1.54) is 60.2 Å². The van der Waals surface area contributed by atoms with E-state index < -0.39 is 0 Å². The quantitative estimate of drug-likeness (QED) is 0.187. The Morgan fingerprint density at radius 1 is 0.481 bits per heavy atom. The van der Waals surface area contributed by atoms with E-state index in [0.717, 1.165) is 33.4 Å². The van der Waals surface area contributed by atoms with Gasteiger partial charge >= 0.3 is 0 Å². The second-order valence-electron chi connectivity index (χ2n) is 13.7. The summed E-state index contributed by atoms with van der Waals surface area (Å²) in [4.78, 5) is 16.3. The second kappa shape index (κ2) is 13.8. The zero-order chi connectivity index (χ0) is 35.8. The van der Waals surface area contributed by atoms with Crippen LogP contribution >= 0.6 is 11.8 Å². The number of amidine groups is 2. The molecule has 2 aliphatic rings. The zero-order valence-electron chi connectivity index (χ0n) is 29.4. The molecule has 256 valence electrons. The van der Waals surface area contributed by atoms with Gasteiger partial charge < -0.3 is 5.32 Å². The van der Waals surface area contributed by atoms with Gasteiger partial charge in [-0.05, 0) is 73.7 Å². The third-order valence-electron chi connectivity index (χ3n) is 10.3. The molecule has 4 nitrogen and oxygen atoms in total. The molecule has 7 aromatic carbocycles. The van der Waals surface area contributed by atoms with Gasteiger partial charge in [-0.25, -0.2) is 4.98 Å². The first-order chi connectivity index (χ1) is 26.7. The molecule has 0 amide bonds. The van der Waals surface area contributed by atoms with E-state index in [0.29, 0.717) is 6.54 Å². The minimum absolute atomic E-state index is 0.138. The molecular weight excluding hydrogens is 677 g/mol. The maximum atomic E-state index is 5.30. The molecule has 1 unspecified atom stereocenters. The van der Waals surface area contributed by atoms with Crippen LogP contribution in [0.25, 0.3) is 55.3 Å².